The number of hydrogen-bond acceptors (Lipinski definition) is 3. The summed E-state index contributed by atoms with van der Waals surface area (Å²) in [7, 11) is 0. The number of nitrogens with zero attached hydrogens (tertiary/aromatic N) is 3. The van der Waals surface area contributed by atoms with Gasteiger partial charge in [0.1, 0.15) is 11.0 Å². The zero-order chi connectivity index (χ0) is 14.7. The van der Waals surface area contributed by atoms with Crippen LogP contribution in [0.1, 0.15) is 17.0 Å². The Bertz CT molecular complexity index is 743. The second-order valence-electron chi connectivity index (χ2n) is 4.80. The lowest BCUT2D eigenvalue weighted by Crippen LogP contribution is -2.02. The van der Waals surface area contributed by atoms with E-state index in [4.69, 9.17) is 11.6 Å². The summed E-state index contributed by atoms with van der Waals surface area (Å²) in [5.41, 5.74) is 3.96. The molecule has 0 unspecified atom stereocenters. The van der Waals surface area contributed by atoms with Crippen molar-refractivity contribution in [2.75, 3.05) is 0 Å². The Morgan fingerprint density at radius 3 is 2.38 bits per heavy atom. The molecule has 0 atom stereocenters. The van der Waals surface area contributed by atoms with Crippen molar-refractivity contribution in [1.29, 1.82) is 0 Å². The molecule has 0 amide bonds. The normalized spacial score (nSPS) is 10.6. The number of benzene rings is 1. The molecule has 0 saturated carbocycles. The molecule has 2 aromatic heterocycles. The Balaban J connectivity index is 2.02. The highest BCUT2D eigenvalue weighted by Gasteiger charge is 2.11. The minimum Gasteiger partial charge on any atom is -0.265 e. The fraction of sp³-hybridized carbons (Fsp3) is 0.118. The van der Waals surface area contributed by atoms with E-state index in [0.29, 0.717) is 11.6 Å². The number of aromatic nitrogens is 3. The van der Waals surface area contributed by atoms with Gasteiger partial charge in [-0.2, -0.15) is 0 Å². The summed E-state index contributed by atoms with van der Waals surface area (Å²) in [6, 6.07) is 13.9. The Morgan fingerprint density at radius 1 is 0.952 bits per heavy atom. The molecular formula is C17H14ClN3. The summed E-state index contributed by atoms with van der Waals surface area (Å²) in [5.74, 6) is 0.718. The van der Waals surface area contributed by atoms with Crippen LogP contribution in [0, 0.1) is 6.92 Å². The molecule has 0 radical (unpaired) electrons. The molecule has 0 aliphatic heterocycles. The predicted octanol–water partition coefficient (Wildman–Crippen LogP) is 4.09. The first kappa shape index (κ1) is 13.7. The third kappa shape index (κ3) is 3.09. The molecule has 3 aromatic rings. The molecule has 0 N–H and O–H groups in total. The fourth-order valence-electron chi connectivity index (χ4n) is 2.17. The van der Waals surface area contributed by atoms with Crippen molar-refractivity contribution >= 4 is 11.6 Å². The smallest absolute Gasteiger partial charge is 0.136 e. The Kier molecular flexibility index (Phi) is 3.93. The lowest BCUT2D eigenvalue weighted by molar-refractivity contribution is 0.958. The quantitative estimate of drug-likeness (QED) is 0.683. The molecule has 21 heavy (non-hydrogen) atoms. The lowest BCUT2D eigenvalue weighted by Gasteiger charge is -2.09. The Hall–Kier alpha value is -2.26. The average molecular weight is 296 g/mol. The van der Waals surface area contributed by atoms with Crippen molar-refractivity contribution in [1.82, 2.24) is 15.0 Å². The van der Waals surface area contributed by atoms with E-state index < -0.39 is 0 Å². The molecule has 0 spiro atoms. The van der Waals surface area contributed by atoms with E-state index in [1.165, 1.54) is 0 Å². The lowest BCUT2D eigenvalue weighted by atomic mass is 10.1. The van der Waals surface area contributed by atoms with Gasteiger partial charge in [0.25, 0.3) is 0 Å². The molecule has 3 rings (SSSR count). The Morgan fingerprint density at radius 2 is 1.67 bits per heavy atom. The van der Waals surface area contributed by atoms with Crippen molar-refractivity contribution in [3.63, 3.8) is 0 Å². The van der Waals surface area contributed by atoms with Crippen LogP contribution < -0.4 is 0 Å². The molecule has 0 bridgehead atoms. The summed E-state index contributed by atoms with van der Waals surface area (Å²) in [5, 5.41) is 0.507. The minimum atomic E-state index is 0.507. The van der Waals surface area contributed by atoms with Gasteiger partial charge < -0.3 is 0 Å². The molecule has 4 heteroatoms. The van der Waals surface area contributed by atoms with Gasteiger partial charge in [-0.15, -0.1) is 0 Å². The minimum absolute atomic E-state index is 0.507. The maximum absolute atomic E-state index is 6.27. The van der Waals surface area contributed by atoms with Gasteiger partial charge in [0.05, 0.1) is 5.69 Å². The number of rotatable bonds is 3. The molecule has 0 fully saturated rings. The largest absolute Gasteiger partial charge is 0.265 e. The molecule has 0 aliphatic carbocycles. The molecular weight excluding hydrogens is 282 g/mol. The topological polar surface area (TPSA) is 38.7 Å². The van der Waals surface area contributed by atoms with Crippen LogP contribution in [-0.2, 0) is 6.42 Å². The van der Waals surface area contributed by atoms with Crippen molar-refractivity contribution in [3.05, 3.63) is 77.0 Å². The van der Waals surface area contributed by atoms with E-state index in [0.717, 1.165) is 28.2 Å². The van der Waals surface area contributed by atoms with Crippen molar-refractivity contribution < 1.29 is 0 Å². The van der Waals surface area contributed by atoms with Crippen LogP contribution >= 0.6 is 11.6 Å². The standard InChI is InChI=1S/C17H14ClN3/c1-12-16(14-5-3-2-4-6-14)20-15(21-17(12)18)11-13-7-9-19-10-8-13/h2-10H,11H2,1H3. The zero-order valence-electron chi connectivity index (χ0n) is 11.6. The SMILES string of the molecule is Cc1c(Cl)nc(Cc2ccncc2)nc1-c1ccccc1. The summed E-state index contributed by atoms with van der Waals surface area (Å²) >= 11 is 6.27. The highest BCUT2D eigenvalue weighted by molar-refractivity contribution is 6.30. The monoisotopic (exact) mass is 295 g/mol. The number of hydrogen-bond donors (Lipinski definition) is 0. The van der Waals surface area contributed by atoms with E-state index in [1.54, 1.807) is 12.4 Å². The van der Waals surface area contributed by atoms with Crippen LogP contribution in [0.25, 0.3) is 11.3 Å². The highest BCUT2D eigenvalue weighted by atomic mass is 35.5. The maximum Gasteiger partial charge on any atom is 0.136 e. The van der Waals surface area contributed by atoms with Crippen LogP contribution in [0.5, 0.6) is 0 Å². The van der Waals surface area contributed by atoms with E-state index >= 15 is 0 Å². The molecule has 2 heterocycles. The van der Waals surface area contributed by atoms with Crippen LogP contribution in [0.2, 0.25) is 5.15 Å². The second kappa shape index (κ2) is 6.02. The van der Waals surface area contributed by atoms with E-state index in [2.05, 4.69) is 15.0 Å². The fourth-order valence-corrected chi connectivity index (χ4v) is 2.36. The van der Waals surface area contributed by atoms with E-state index in [9.17, 15) is 0 Å². The summed E-state index contributed by atoms with van der Waals surface area (Å²) in [4.78, 5) is 13.1. The summed E-state index contributed by atoms with van der Waals surface area (Å²) in [6.45, 7) is 1.95. The highest BCUT2D eigenvalue weighted by Crippen LogP contribution is 2.26. The maximum atomic E-state index is 6.27. The summed E-state index contributed by atoms with van der Waals surface area (Å²) in [6.07, 6.45) is 4.18. The third-order valence-electron chi connectivity index (χ3n) is 3.29. The molecule has 3 nitrogen and oxygen atoms in total. The third-order valence-corrected chi connectivity index (χ3v) is 3.66. The number of halogens is 1. The van der Waals surface area contributed by atoms with Gasteiger partial charge in [-0.25, -0.2) is 9.97 Å². The van der Waals surface area contributed by atoms with Gasteiger partial charge in [0, 0.05) is 29.9 Å². The Labute approximate surface area is 128 Å². The van der Waals surface area contributed by atoms with Gasteiger partial charge in [0.2, 0.25) is 0 Å². The first-order valence-corrected chi connectivity index (χ1v) is 7.09. The van der Waals surface area contributed by atoms with Gasteiger partial charge in [0.15, 0.2) is 0 Å². The predicted molar refractivity (Wildman–Crippen MR) is 84.3 cm³/mol. The van der Waals surface area contributed by atoms with E-state index in [1.807, 2.05) is 49.4 Å². The van der Waals surface area contributed by atoms with Gasteiger partial charge in [-0.3, -0.25) is 4.98 Å². The average Bonchev–Trinajstić information content (AvgIpc) is 2.52. The molecule has 0 saturated heterocycles. The van der Waals surface area contributed by atoms with Gasteiger partial charge in [-0.1, -0.05) is 41.9 Å². The number of pyridine rings is 1. The van der Waals surface area contributed by atoms with Crippen molar-refractivity contribution in [2.45, 2.75) is 13.3 Å². The first-order chi connectivity index (χ1) is 10.2. The van der Waals surface area contributed by atoms with Crippen LogP contribution in [-0.4, -0.2) is 15.0 Å². The van der Waals surface area contributed by atoms with Crippen LogP contribution in [0.15, 0.2) is 54.9 Å². The van der Waals surface area contributed by atoms with Gasteiger partial charge in [-0.05, 0) is 24.6 Å². The van der Waals surface area contributed by atoms with Crippen molar-refractivity contribution in [2.24, 2.45) is 0 Å². The first-order valence-electron chi connectivity index (χ1n) is 6.71. The summed E-state index contributed by atoms with van der Waals surface area (Å²) < 4.78 is 0. The second-order valence-corrected chi connectivity index (χ2v) is 5.16. The van der Waals surface area contributed by atoms with E-state index in [-0.39, 0.29) is 0 Å². The molecule has 1 aromatic carbocycles. The van der Waals surface area contributed by atoms with Crippen LogP contribution in [0.4, 0.5) is 0 Å². The van der Waals surface area contributed by atoms with Gasteiger partial charge >= 0.3 is 0 Å². The zero-order valence-corrected chi connectivity index (χ0v) is 12.4. The van der Waals surface area contributed by atoms with Crippen LogP contribution in [0.3, 0.4) is 0 Å². The van der Waals surface area contributed by atoms with Crippen molar-refractivity contribution in [3.8, 4) is 11.3 Å². The molecule has 104 valence electrons. The molecule has 0 aliphatic rings.